The van der Waals surface area contributed by atoms with Gasteiger partial charge in [0, 0.05) is 26.7 Å². The number of aryl methyl sites for hydroxylation is 1. The van der Waals surface area contributed by atoms with Gasteiger partial charge in [0.2, 0.25) is 0 Å². The van der Waals surface area contributed by atoms with E-state index in [0.717, 1.165) is 43.4 Å². The van der Waals surface area contributed by atoms with Crippen molar-refractivity contribution < 1.29 is 14.6 Å². The predicted octanol–water partition coefficient (Wildman–Crippen LogP) is 4.42. The van der Waals surface area contributed by atoms with E-state index in [9.17, 15) is 9.90 Å². The molecule has 0 aliphatic heterocycles. The second-order valence-corrected chi connectivity index (χ2v) is 12.9. The highest BCUT2D eigenvalue weighted by Crippen LogP contribution is 2.15. The average Bonchev–Trinajstić information content (AvgIpc) is 2.87. The van der Waals surface area contributed by atoms with Gasteiger partial charge in [-0.2, -0.15) is 0 Å². The van der Waals surface area contributed by atoms with Crippen molar-refractivity contribution in [2.45, 2.75) is 71.9 Å². The molecule has 0 amide bonds. The fourth-order valence-corrected chi connectivity index (χ4v) is 3.01. The summed E-state index contributed by atoms with van der Waals surface area (Å²) in [5, 5.41) is 9.25. The van der Waals surface area contributed by atoms with Crippen LogP contribution in [0, 0.1) is 0 Å². The highest BCUT2D eigenvalue weighted by Gasteiger charge is 2.14. The van der Waals surface area contributed by atoms with Crippen LogP contribution in [0.15, 0.2) is 11.8 Å². The van der Waals surface area contributed by atoms with Gasteiger partial charge in [-0.1, -0.05) is 39.9 Å². The number of carboxylic acid groups (broad SMARTS) is 1. The number of rotatable bonds is 11. The van der Waals surface area contributed by atoms with Crippen LogP contribution >= 0.6 is 0 Å². The lowest BCUT2D eigenvalue weighted by atomic mass is 10.2. The van der Waals surface area contributed by atoms with Crippen LogP contribution in [0.25, 0.3) is 6.08 Å². The number of imidazole rings is 1. The quantitative estimate of drug-likeness (QED) is 0.364. The maximum Gasteiger partial charge on any atom is 0.331 e. The molecule has 0 bridgehead atoms. The number of ether oxygens (including phenoxy) is 1. The van der Waals surface area contributed by atoms with E-state index in [4.69, 9.17) is 4.74 Å². The third-order valence-electron chi connectivity index (χ3n) is 3.92. The first kappa shape index (κ1) is 20.6. The van der Waals surface area contributed by atoms with Crippen molar-refractivity contribution in [3.63, 3.8) is 0 Å². The van der Waals surface area contributed by atoms with Gasteiger partial charge in [-0.05, 0) is 25.0 Å². The molecule has 5 nitrogen and oxygen atoms in total. The van der Waals surface area contributed by atoms with E-state index >= 15 is 0 Å². The molecule has 0 saturated heterocycles. The lowest BCUT2D eigenvalue weighted by Gasteiger charge is -2.17. The molecule has 1 rings (SSSR count). The molecular formula is C18H32N2O3Si. The normalized spacial score (nSPS) is 12.6. The second-order valence-electron chi connectivity index (χ2n) is 7.31. The Kier molecular flexibility index (Phi) is 8.42. The molecule has 0 fully saturated rings. The van der Waals surface area contributed by atoms with Crippen LogP contribution in [0.3, 0.4) is 0 Å². The molecule has 1 N–H and O–H groups in total. The number of aromatic nitrogens is 2. The summed E-state index contributed by atoms with van der Waals surface area (Å²) in [4.78, 5) is 15.8. The van der Waals surface area contributed by atoms with Gasteiger partial charge in [0.1, 0.15) is 12.6 Å². The van der Waals surface area contributed by atoms with E-state index in [1.54, 1.807) is 12.3 Å². The highest BCUT2D eigenvalue weighted by molar-refractivity contribution is 6.76. The van der Waals surface area contributed by atoms with Crippen molar-refractivity contribution in [1.82, 2.24) is 9.55 Å². The number of aliphatic carboxylic acids is 1. The second kappa shape index (κ2) is 9.79. The number of nitrogens with zero attached hydrogens (tertiary/aromatic N) is 2. The van der Waals surface area contributed by atoms with Gasteiger partial charge >= 0.3 is 5.97 Å². The van der Waals surface area contributed by atoms with Crippen LogP contribution in [0.1, 0.15) is 44.6 Å². The molecule has 0 spiro atoms. The molecule has 0 aliphatic carbocycles. The Balaban J connectivity index is 2.91. The Morgan fingerprint density at radius 2 is 2.08 bits per heavy atom. The SMILES string of the molecule is CCCCc1ncc(C=C(CC)C(=O)O)n1COCC[Si](C)(C)C. The van der Waals surface area contributed by atoms with E-state index < -0.39 is 14.0 Å². The Labute approximate surface area is 146 Å². The molecule has 0 aliphatic rings. The smallest absolute Gasteiger partial charge is 0.331 e. The van der Waals surface area contributed by atoms with Crippen LogP contribution in [0.2, 0.25) is 25.7 Å². The lowest BCUT2D eigenvalue weighted by Crippen LogP contribution is -2.22. The molecule has 0 aromatic carbocycles. The first-order valence-electron chi connectivity index (χ1n) is 8.84. The van der Waals surface area contributed by atoms with Gasteiger partial charge in [0.15, 0.2) is 0 Å². The van der Waals surface area contributed by atoms with Crippen LogP contribution in [0.4, 0.5) is 0 Å². The van der Waals surface area contributed by atoms with Gasteiger partial charge < -0.3 is 14.4 Å². The Morgan fingerprint density at radius 3 is 2.62 bits per heavy atom. The number of hydrogen-bond acceptors (Lipinski definition) is 3. The number of carbonyl (C=O) groups is 1. The molecule has 136 valence electrons. The number of unbranched alkanes of at least 4 members (excludes halogenated alkanes) is 1. The maximum absolute atomic E-state index is 11.3. The standard InChI is InChI=1S/C18H32N2O3Si/c1-6-8-9-17-19-13-16(12-15(7-2)18(21)22)20(17)14-23-10-11-24(3,4)5/h12-13H,6-11,14H2,1-5H3,(H,21,22). The summed E-state index contributed by atoms with van der Waals surface area (Å²) in [7, 11) is -1.11. The zero-order valence-corrected chi connectivity index (χ0v) is 16.8. The highest BCUT2D eigenvalue weighted by atomic mass is 28.3. The Bertz CT molecular complexity index is 559. The molecule has 1 aromatic heterocycles. The van der Waals surface area contributed by atoms with E-state index in [0.29, 0.717) is 18.7 Å². The first-order chi connectivity index (χ1) is 11.3. The van der Waals surface area contributed by atoms with Gasteiger partial charge in [-0.3, -0.25) is 0 Å². The predicted molar refractivity (Wildman–Crippen MR) is 101 cm³/mol. The molecule has 0 unspecified atom stereocenters. The van der Waals surface area contributed by atoms with Crippen LogP contribution in [0.5, 0.6) is 0 Å². The summed E-state index contributed by atoms with van der Waals surface area (Å²) in [6.45, 7) is 12.2. The first-order valence-corrected chi connectivity index (χ1v) is 12.5. The Hall–Kier alpha value is -1.40. The zero-order chi connectivity index (χ0) is 18.2. The van der Waals surface area contributed by atoms with Crippen LogP contribution in [-0.2, 0) is 22.7 Å². The molecule has 6 heteroatoms. The summed E-state index contributed by atoms with van der Waals surface area (Å²) < 4.78 is 7.88. The fourth-order valence-electron chi connectivity index (χ4n) is 2.26. The van der Waals surface area contributed by atoms with E-state index in [1.165, 1.54) is 0 Å². The molecule has 0 radical (unpaired) electrons. The Morgan fingerprint density at radius 1 is 1.38 bits per heavy atom. The summed E-state index contributed by atoms with van der Waals surface area (Å²) >= 11 is 0. The molecule has 0 saturated carbocycles. The molecule has 1 heterocycles. The zero-order valence-electron chi connectivity index (χ0n) is 15.8. The van der Waals surface area contributed by atoms with Gasteiger partial charge in [0.05, 0.1) is 11.9 Å². The number of carboxylic acids is 1. The van der Waals surface area contributed by atoms with Gasteiger partial charge in [-0.15, -0.1) is 0 Å². The van der Waals surface area contributed by atoms with Crippen molar-refractivity contribution in [1.29, 1.82) is 0 Å². The van der Waals surface area contributed by atoms with Gasteiger partial charge in [-0.25, -0.2) is 9.78 Å². The maximum atomic E-state index is 11.3. The molecular weight excluding hydrogens is 320 g/mol. The number of hydrogen-bond donors (Lipinski definition) is 1. The summed E-state index contributed by atoms with van der Waals surface area (Å²) in [5.41, 5.74) is 1.20. The van der Waals surface area contributed by atoms with E-state index in [1.807, 2.05) is 11.5 Å². The van der Waals surface area contributed by atoms with Crippen molar-refractivity contribution in [3.8, 4) is 0 Å². The third kappa shape index (κ3) is 7.01. The van der Waals surface area contributed by atoms with Gasteiger partial charge in [0.25, 0.3) is 0 Å². The van der Waals surface area contributed by atoms with Crippen molar-refractivity contribution in [3.05, 3.63) is 23.3 Å². The van der Waals surface area contributed by atoms with Crippen LogP contribution < -0.4 is 0 Å². The third-order valence-corrected chi connectivity index (χ3v) is 5.62. The van der Waals surface area contributed by atoms with Crippen molar-refractivity contribution >= 4 is 20.1 Å². The molecule has 1 aromatic rings. The van der Waals surface area contributed by atoms with Crippen molar-refractivity contribution in [2.75, 3.05) is 6.61 Å². The monoisotopic (exact) mass is 352 g/mol. The minimum atomic E-state index is -1.11. The summed E-state index contributed by atoms with van der Waals surface area (Å²) in [6.07, 6.45) is 7.01. The van der Waals surface area contributed by atoms with Crippen molar-refractivity contribution in [2.24, 2.45) is 0 Å². The minimum absolute atomic E-state index is 0.389. The largest absolute Gasteiger partial charge is 0.478 e. The average molecular weight is 353 g/mol. The summed E-state index contributed by atoms with van der Waals surface area (Å²) in [5.74, 6) is 0.0944. The fraction of sp³-hybridized carbons (Fsp3) is 0.667. The van der Waals surface area contributed by atoms with Crippen LogP contribution in [-0.4, -0.2) is 35.3 Å². The molecule has 24 heavy (non-hydrogen) atoms. The summed E-state index contributed by atoms with van der Waals surface area (Å²) in [6, 6.07) is 1.12. The lowest BCUT2D eigenvalue weighted by molar-refractivity contribution is -0.132. The van der Waals surface area contributed by atoms with E-state index in [2.05, 4.69) is 31.5 Å². The molecule has 0 atom stereocenters. The topological polar surface area (TPSA) is 64.3 Å². The minimum Gasteiger partial charge on any atom is -0.478 e. The van der Waals surface area contributed by atoms with E-state index in [-0.39, 0.29) is 0 Å².